The first-order valence-electron chi connectivity index (χ1n) is 28.0. The van der Waals surface area contributed by atoms with E-state index < -0.39 is 31.5 Å². The van der Waals surface area contributed by atoms with Crippen molar-refractivity contribution in [1.82, 2.24) is 24.7 Å². The first kappa shape index (κ1) is 73.8. The summed E-state index contributed by atoms with van der Waals surface area (Å²) in [4.78, 5) is 19.5. The van der Waals surface area contributed by atoms with E-state index in [-0.39, 0.29) is 34.1 Å². The molecule has 4 heterocycles. The van der Waals surface area contributed by atoms with E-state index in [2.05, 4.69) is 227 Å². The summed E-state index contributed by atoms with van der Waals surface area (Å²) >= 11 is 0. The van der Waals surface area contributed by atoms with Gasteiger partial charge in [0.1, 0.15) is 17.9 Å². The van der Waals surface area contributed by atoms with Crippen LogP contribution in [0.2, 0.25) is 0 Å². The summed E-state index contributed by atoms with van der Waals surface area (Å²) in [5, 5.41) is 8.38. The van der Waals surface area contributed by atoms with E-state index >= 15 is 0 Å². The predicted molar refractivity (Wildman–Crippen MR) is 339 cm³/mol. The Morgan fingerprint density at radius 3 is 1.09 bits per heavy atom. The Morgan fingerprint density at radius 2 is 0.750 bits per heavy atom. The summed E-state index contributed by atoms with van der Waals surface area (Å²) in [6, 6.07) is 70.9. The Balaban J connectivity index is 0.000000273. The molecule has 1 aliphatic heterocycles. The molecule has 0 radical (unpaired) electrons. The molecular formula is C63H72Cu2F12N6OP4+2. The van der Waals surface area contributed by atoms with Crippen LogP contribution >= 0.6 is 31.5 Å². The third kappa shape index (κ3) is 26.8. The summed E-state index contributed by atoms with van der Waals surface area (Å²) in [6.07, 6.45) is 6.24. The van der Waals surface area contributed by atoms with Gasteiger partial charge in [-0.15, -0.1) is 0 Å². The second kappa shape index (κ2) is 30.4. The molecule has 1 saturated heterocycles. The van der Waals surface area contributed by atoms with Crippen LogP contribution < -0.4 is 26.1 Å². The van der Waals surface area contributed by atoms with Crippen molar-refractivity contribution in [2.45, 2.75) is 59.4 Å². The van der Waals surface area contributed by atoms with E-state index in [1.54, 1.807) is 0 Å². The monoisotopic (exact) mass is 1410 g/mol. The number of aromatic nitrogens is 2. The van der Waals surface area contributed by atoms with Gasteiger partial charge >= 0.3 is 100 Å². The van der Waals surface area contributed by atoms with E-state index in [9.17, 15) is 50.4 Å². The van der Waals surface area contributed by atoms with Crippen LogP contribution in [0.4, 0.5) is 56.1 Å². The Hall–Kier alpha value is -4.98. The molecule has 1 aliphatic rings. The standard InChI is InChI=1S/C37H46N6O.C26H24P2.2Cu.2F6P/c1-28(2)41-21-19-40(20-22-42(24-23-41)29(3)4)25-30-11-9-14-33-34-15-10-16-35(37(34)44-36(30)33)43(26-31-12-5-7-17-38-31)27-32-13-6-8-18-39-32;1-5-13-23(14-6-1)27(24-15-7-2-8-16-24)21-22-28(25-17-9-3-10-18-25)26-19-11-4-12-20-26;;;2*1-7(2,3,4,5)6/h5-18,28-29H,19-27H2,1-4H3;1-20H,21-22H2;;;;/q;;2*+1;2*-1/p+2. The normalized spacial score (nSPS) is 15.2. The van der Waals surface area contributed by atoms with Gasteiger partial charge in [-0.05, 0) is 107 Å². The van der Waals surface area contributed by atoms with Gasteiger partial charge in [-0.25, -0.2) is 0 Å². The molecule has 3 aromatic heterocycles. The van der Waals surface area contributed by atoms with Crippen LogP contribution in [0, 0.1) is 0 Å². The number of hydrogen-bond donors (Lipinski definition) is 0. The molecule has 88 heavy (non-hydrogen) atoms. The second-order valence-electron chi connectivity index (χ2n) is 21.4. The minimum absolute atomic E-state index is 0. The molecule has 9 aromatic rings. The summed E-state index contributed by atoms with van der Waals surface area (Å²) < 4.78 is 125. The third-order valence-electron chi connectivity index (χ3n) is 14.1. The second-order valence-corrected chi connectivity index (χ2v) is 30.5. The van der Waals surface area contributed by atoms with Crippen LogP contribution in [0.25, 0.3) is 21.9 Å². The van der Waals surface area contributed by atoms with Gasteiger partial charge in [0.05, 0.1) is 67.2 Å². The van der Waals surface area contributed by atoms with Crippen LogP contribution in [0.1, 0.15) is 44.6 Å². The molecular weight excluding hydrogens is 1340 g/mol. The number of furan rings is 1. The summed E-state index contributed by atoms with van der Waals surface area (Å²) in [7, 11) is -22.9. The smallest absolute Gasteiger partial charge is 0.0620 e. The maximum absolute atomic E-state index is 10.7. The van der Waals surface area contributed by atoms with Gasteiger partial charge in [0.15, 0.2) is 5.58 Å². The van der Waals surface area contributed by atoms with Crippen molar-refractivity contribution in [3.63, 3.8) is 0 Å². The van der Waals surface area contributed by atoms with Crippen LogP contribution in [-0.4, -0.2) is 88.3 Å². The van der Waals surface area contributed by atoms with Crippen LogP contribution in [-0.2, 0) is 53.8 Å². The maximum atomic E-state index is 9.87. The number of hydrogen-bond acceptors (Lipinski definition) is 7. The summed E-state index contributed by atoms with van der Waals surface area (Å²) in [5.74, 6) is 0. The molecule has 0 amide bonds. The first-order valence-corrected chi connectivity index (χ1v) is 35.5. The van der Waals surface area contributed by atoms with Gasteiger partial charge in [-0.1, -0.05) is 115 Å². The van der Waals surface area contributed by atoms with Crippen molar-refractivity contribution in [1.29, 1.82) is 0 Å². The number of fused-ring (bicyclic) bond motifs is 3. The maximum Gasteiger partial charge on any atom is 1.00 e. The first-order chi connectivity index (χ1) is 40.3. The van der Waals surface area contributed by atoms with E-state index in [1.165, 1.54) is 44.5 Å². The van der Waals surface area contributed by atoms with Gasteiger partial charge in [-0.3, -0.25) is 24.7 Å². The van der Waals surface area contributed by atoms with Crippen LogP contribution in [0.3, 0.4) is 0 Å². The molecule has 0 aliphatic carbocycles. The molecule has 484 valence electrons. The van der Waals surface area contributed by atoms with Gasteiger partial charge in [0.2, 0.25) is 0 Å². The zero-order valence-corrected chi connectivity index (χ0v) is 54.4. The van der Waals surface area contributed by atoms with Crippen molar-refractivity contribution >= 4 is 80.3 Å². The zero-order valence-electron chi connectivity index (χ0n) is 48.7. The average Bonchev–Trinajstić information content (AvgIpc) is 3.37. The van der Waals surface area contributed by atoms with Crippen molar-refractivity contribution in [2.75, 3.05) is 56.5 Å². The summed E-state index contributed by atoms with van der Waals surface area (Å²) in [6.45, 7) is 18.0. The minimum Gasteiger partial charge on any atom is -0.0620 e. The largest absolute Gasteiger partial charge is 1.00 e. The topological polar surface area (TPSA) is 51.9 Å². The number of nitrogens with zero attached hydrogens (tertiary/aromatic N) is 6. The van der Waals surface area contributed by atoms with Gasteiger partial charge in [0, 0.05) is 86.6 Å². The Kier molecular flexibility index (Phi) is 25.5. The van der Waals surface area contributed by atoms with Crippen molar-refractivity contribution in [3.8, 4) is 0 Å². The van der Waals surface area contributed by atoms with E-state index in [0.29, 0.717) is 25.2 Å². The molecule has 25 heteroatoms. The molecule has 0 saturated carbocycles. The molecule has 0 unspecified atom stereocenters. The number of benzene rings is 6. The number of pyridine rings is 2. The molecule has 0 N–H and O–H groups in total. The Bertz CT molecular complexity index is 3250. The molecule has 6 aromatic carbocycles. The molecule has 0 spiro atoms. The SMILES string of the molecule is CC(C)N1CCN(Cc2cccc3c2oc2c(N(Cc4ccccn4)Cc4ccccn4)cccc23)CCN(C(C)C)CC1.F[P-](F)(F)(F)(F)F.F[P-](F)(F)(F)(F)F.[Cu+].[Cu+].c1ccc([PH+](CC[PH+](c2ccccc2)c2ccccc2)c2ccccc2)cc1. The quantitative estimate of drug-likeness (QED) is 0.0543. The molecule has 7 nitrogen and oxygen atoms in total. The van der Waals surface area contributed by atoms with Gasteiger partial charge in [0.25, 0.3) is 0 Å². The van der Waals surface area contributed by atoms with Gasteiger partial charge < -0.3 is 9.32 Å². The third-order valence-corrected chi connectivity index (χ3v) is 20.3. The van der Waals surface area contributed by atoms with E-state index in [0.717, 1.165) is 79.4 Å². The van der Waals surface area contributed by atoms with Crippen molar-refractivity contribution < 1.29 is 88.9 Å². The van der Waals surface area contributed by atoms with Crippen molar-refractivity contribution in [3.05, 3.63) is 223 Å². The zero-order chi connectivity index (χ0) is 62.3. The minimum atomic E-state index is -10.7. The number of anilines is 1. The molecule has 10 rings (SSSR count). The number of halogens is 12. The van der Waals surface area contributed by atoms with Gasteiger partial charge in [-0.2, -0.15) is 0 Å². The van der Waals surface area contributed by atoms with E-state index in [1.807, 2.05) is 36.7 Å². The molecule has 0 bridgehead atoms. The molecule has 1 fully saturated rings. The fourth-order valence-corrected chi connectivity index (χ4v) is 16.3. The van der Waals surface area contributed by atoms with Crippen molar-refractivity contribution in [2.24, 2.45) is 0 Å². The molecule has 0 atom stereocenters. The Morgan fingerprint density at radius 1 is 0.420 bits per heavy atom. The fraction of sp³-hybridized carbons (Fsp3) is 0.270. The van der Waals surface area contributed by atoms with Crippen LogP contribution in [0.15, 0.2) is 211 Å². The Labute approximate surface area is 530 Å². The number of para-hydroxylation sites is 2. The van der Waals surface area contributed by atoms with Crippen LogP contribution in [0.5, 0.6) is 0 Å². The number of rotatable bonds is 16. The summed E-state index contributed by atoms with van der Waals surface area (Å²) in [5.41, 5.74) is 6.24. The average molecular weight is 1410 g/mol. The predicted octanol–water partition coefficient (Wildman–Crippen LogP) is 18.3. The van der Waals surface area contributed by atoms with E-state index in [4.69, 9.17) is 4.42 Å². The fourth-order valence-electron chi connectivity index (χ4n) is 10.1.